The predicted molar refractivity (Wildman–Crippen MR) is 106 cm³/mol. The number of carbonyl (C=O) groups excluding carboxylic acids is 1. The molecule has 3 rings (SSSR count). The normalized spacial score (nSPS) is 10.8. The molecule has 1 heterocycles. The highest BCUT2D eigenvalue weighted by Crippen LogP contribution is 2.29. The van der Waals surface area contributed by atoms with E-state index >= 15 is 0 Å². The highest BCUT2D eigenvalue weighted by atomic mass is 16.5. The van der Waals surface area contributed by atoms with Gasteiger partial charge in [0, 0.05) is 17.2 Å². The maximum atomic E-state index is 12.7. The van der Waals surface area contributed by atoms with Crippen molar-refractivity contribution in [2.75, 3.05) is 19.5 Å². The summed E-state index contributed by atoms with van der Waals surface area (Å²) in [6, 6.07) is 16.5. The Morgan fingerprint density at radius 2 is 1.96 bits per heavy atom. The first kappa shape index (κ1) is 18.7. The average Bonchev–Trinajstić information content (AvgIpc) is 3.20. The fraction of sp³-hybridized carbons (Fsp3) is 0.0952. The van der Waals surface area contributed by atoms with Crippen LogP contribution in [0, 0.1) is 11.3 Å². The summed E-state index contributed by atoms with van der Waals surface area (Å²) in [6.07, 6.45) is 3.06. The number of H-pyrrole nitrogens is 1. The van der Waals surface area contributed by atoms with Gasteiger partial charge in [0.1, 0.15) is 23.1 Å². The van der Waals surface area contributed by atoms with E-state index in [0.717, 1.165) is 11.3 Å². The van der Waals surface area contributed by atoms with Gasteiger partial charge in [0.2, 0.25) is 0 Å². The molecule has 0 spiro atoms. The fourth-order valence-electron chi connectivity index (χ4n) is 2.65. The van der Waals surface area contributed by atoms with Gasteiger partial charge in [-0.05, 0) is 18.2 Å². The molecule has 0 saturated heterocycles. The molecule has 0 atom stereocenters. The summed E-state index contributed by atoms with van der Waals surface area (Å²) in [7, 11) is 3.02. The quantitative estimate of drug-likeness (QED) is 0.507. The third kappa shape index (κ3) is 4.02. The number of nitriles is 1. The number of hydrogen-bond acceptors (Lipinski definition) is 5. The van der Waals surface area contributed by atoms with Crippen LogP contribution >= 0.6 is 0 Å². The van der Waals surface area contributed by atoms with Gasteiger partial charge < -0.3 is 14.8 Å². The molecule has 7 heteroatoms. The van der Waals surface area contributed by atoms with Crippen LogP contribution < -0.4 is 14.8 Å². The minimum atomic E-state index is -0.561. The van der Waals surface area contributed by atoms with Crippen molar-refractivity contribution in [1.29, 1.82) is 5.26 Å². The molecular weight excluding hydrogens is 356 g/mol. The number of aromatic nitrogens is 2. The van der Waals surface area contributed by atoms with Crippen LogP contribution in [0.2, 0.25) is 0 Å². The van der Waals surface area contributed by atoms with Crippen LogP contribution in [0.25, 0.3) is 17.3 Å². The molecule has 0 aliphatic heterocycles. The zero-order valence-electron chi connectivity index (χ0n) is 15.4. The summed E-state index contributed by atoms with van der Waals surface area (Å²) >= 11 is 0. The van der Waals surface area contributed by atoms with Gasteiger partial charge in [-0.15, -0.1) is 0 Å². The first-order chi connectivity index (χ1) is 13.7. The van der Waals surface area contributed by atoms with Gasteiger partial charge in [0.25, 0.3) is 5.91 Å². The van der Waals surface area contributed by atoms with E-state index in [1.165, 1.54) is 20.3 Å². The molecule has 0 radical (unpaired) electrons. The Morgan fingerprint density at radius 3 is 2.64 bits per heavy atom. The molecule has 0 aliphatic rings. The number of benzene rings is 2. The molecular formula is C21H18N4O3. The Morgan fingerprint density at radius 1 is 1.18 bits per heavy atom. The first-order valence-electron chi connectivity index (χ1n) is 8.40. The lowest BCUT2D eigenvalue weighted by molar-refractivity contribution is -0.112. The number of aromatic amines is 1. The molecule has 2 N–H and O–H groups in total. The third-order valence-electron chi connectivity index (χ3n) is 4.05. The van der Waals surface area contributed by atoms with Crippen molar-refractivity contribution in [2.24, 2.45) is 0 Å². The minimum Gasteiger partial charge on any atom is -0.497 e. The van der Waals surface area contributed by atoms with Gasteiger partial charge in [-0.1, -0.05) is 30.3 Å². The van der Waals surface area contributed by atoms with Gasteiger partial charge in [-0.2, -0.15) is 10.4 Å². The summed E-state index contributed by atoms with van der Waals surface area (Å²) < 4.78 is 10.4. The van der Waals surface area contributed by atoms with E-state index in [9.17, 15) is 10.1 Å². The molecule has 0 unspecified atom stereocenters. The van der Waals surface area contributed by atoms with Crippen LogP contribution in [-0.2, 0) is 4.79 Å². The monoisotopic (exact) mass is 374 g/mol. The van der Waals surface area contributed by atoms with Crippen molar-refractivity contribution < 1.29 is 14.3 Å². The maximum absolute atomic E-state index is 12.7. The van der Waals surface area contributed by atoms with Crippen LogP contribution in [0.15, 0.2) is 60.3 Å². The molecule has 0 fully saturated rings. The summed E-state index contributed by atoms with van der Waals surface area (Å²) in [4.78, 5) is 12.7. The molecule has 1 amide bonds. The average molecular weight is 374 g/mol. The summed E-state index contributed by atoms with van der Waals surface area (Å²) in [5, 5.41) is 19.1. The van der Waals surface area contributed by atoms with Gasteiger partial charge in [0.15, 0.2) is 0 Å². The molecule has 28 heavy (non-hydrogen) atoms. The SMILES string of the molecule is COc1ccc(OC)c(NC(=O)C(C#N)=Cc2cn[nH]c2-c2ccccc2)c1. The van der Waals surface area contributed by atoms with E-state index in [1.54, 1.807) is 24.4 Å². The molecule has 140 valence electrons. The Labute approximate surface area is 162 Å². The second-order valence-electron chi connectivity index (χ2n) is 5.76. The second-order valence-corrected chi connectivity index (χ2v) is 5.76. The number of rotatable bonds is 6. The van der Waals surface area contributed by atoms with Crippen molar-refractivity contribution >= 4 is 17.7 Å². The largest absolute Gasteiger partial charge is 0.497 e. The van der Waals surface area contributed by atoms with Crippen molar-refractivity contribution in [3.63, 3.8) is 0 Å². The van der Waals surface area contributed by atoms with E-state index in [0.29, 0.717) is 22.7 Å². The Kier molecular flexibility index (Phi) is 5.72. The minimum absolute atomic E-state index is 0.0662. The number of anilines is 1. The number of nitrogens with zero attached hydrogens (tertiary/aromatic N) is 2. The Hall–Kier alpha value is -4.05. The molecule has 7 nitrogen and oxygen atoms in total. The Balaban J connectivity index is 1.90. The van der Waals surface area contributed by atoms with Crippen LogP contribution in [0.5, 0.6) is 11.5 Å². The second kappa shape index (κ2) is 8.56. The lowest BCUT2D eigenvalue weighted by Gasteiger charge is -2.11. The number of carbonyl (C=O) groups is 1. The highest BCUT2D eigenvalue weighted by Gasteiger charge is 2.15. The lowest BCUT2D eigenvalue weighted by Crippen LogP contribution is -2.14. The van der Waals surface area contributed by atoms with E-state index in [4.69, 9.17) is 9.47 Å². The van der Waals surface area contributed by atoms with Gasteiger partial charge >= 0.3 is 0 Å². The zero-order chi connectivity index (χ0) is 19.9. The molecule has 3 aromatic rings. The van der Waals surface area contributed by atoms with Crippen LogP contribution in [-0.4, -0.2) is 30.3 Å². The summed E-state index contributed by atoms with van der Waals surface area (Å²) in [5.74, 6) is 0.453. The van der Waals surface area contributed by atoms with E-state index in [1.807, 2.05) is 36.4 Å². The topological polar surface area (TPSA) is 100 Å². The number of amides is 1. The first-order valence-corrected chi connectivity index (χ1v) is 8.40. The number of methoxy groups -OCH3 is 2. The number of hydrogen-bond donors (Lipinski definition) is 2. The van der Waals surface area contributed by atoms with Crippen LogP contribution in [0.3, 0.4) is 0 Å². The van der Waals surface area contributed by atoms with Crippen molar-refractivity contribution in [1.82, 2.24) is 10.2 Å². The van der Waals surface area contributed by atoms with Gasteiger partial charge in [-0.3, -0.25) is 9.89 Å². The number of nitrogens with one attached hydrogen (secondary N) is 2. The molecule has 0 aliphatic carbocycles. The molecule has 0 saturated carbocycles. The van der Waals surface area contributed by atoms with Crippen LogP contribution in [0.4, 0.5) is 5.69 Å². The van der Waals surface area contributed by atoms with Gasteiger partial charge in [0.05, 0.1) is 31.8 Å². The van der Waals surface area contributed by atoms with Gasteiger partial charge in [-0.25, -0.2) is 0 Å². The summed E-state index contributed by atoms with van der Waals surface area (Å²) in [5.41, 5.74) is 2.60. The zero-order valence-corrected chi connectivity index (χ0v) is 15.4. The highest BCUT2D eigenvalue weighted by molar-refractivity contribution is 6.10. The Bertz CT molecular complexity index is 1050. The standard InChI is InChI=1S/C21H18N4O3/c1-27-17-8-9-19(28-2)18(11-17)24-21(26)15(12-22)10-16-13-23-25-20(16)14-6-4-3-5-7-14/h3-11,13H,1-2H3,(H,23,25)(H,24,26). The van der Waals surface area contributed by atoms with Crippen molar-refractivity contribution in [3.05, 3.63) is 65.9 Å². The molecule has 0 bridgehead atoms. The van der Waals surface area contributed by atoms with Crippen LogP contribution in [0.1, 0.15) is 5.56 Å². The van der Waals surface area contributed by atoms with Crippen molar-refractivity contribution in [2.45, 2.75) is 0 Å². The smallest absolute Gasteiger partial charge is 0.266 e. The fourth-order valence-corrected chi connectivity index (χ4v) is 2.65. The third-order valence-corrected chi connectivity index (χ3v) is 4.05. The van der Waals surface area contributed by atoms with E-state index in [2.05, 4.69) is 15.5 Å². The lowest BCUT2D eigenvalue weighted by atomic mass is 10.1. The maximum Gasteiger partial charge on any atom is 0.266 e. The van der Waals surface area contributed by atoms with Crippen molar-refractivity contribution in [3.8, 4) is 28.8 Å². The van der Waals surface area contributed by atoms with E-state index < -0.39 is 5.91 Å². The predicted octanol–water partition coefficient (Wildman–Crippen LogP) is 3.64. The van der Waals surface area contributed by atoms with E-state index in [-0.39, 0.29) is 5.57 Å². The molecule has 1 aromatic heterocycles. The molecule has 2 aromatic carbocycles. The number of ether oxygens (including phenoxy) is 2. The summed E-state index contributed by atoms with van der Waals surface area (Å²) in [6.45, 7) is 0.